The Hall–Kier alpha value is -2.00. The highest BCUT2D eigenvalue weighted by Gasteiger charge is 2.03. The molecule has 0 aliphatic rings. The van der Waals surface area contributed by atoms with Gasteiger partial charge in [0.1, 0.15) is 5.65 Å². The largest absolute Gasteiger partial charge is 0.307 e. The molecule has 2 aromatic heterocycles. The molecule has 0 aliphatic heterocycles. The third-order valence-electron chi connectivity index (χ3n) is 2.49. The lowest BCUT2D eigenvalue weighted by Crippen LogP contribution is -1.91. The number of imidazole rings is 1. The molecule has 5 nitrogen and oxygen atoms in total. The van der Waals surface area contributed by atoms with E-state index in [0.29, 0.717) is 12.5 Å². The zero-order valence-corrected chi connectivity index (χ0v) is 9.33. The normalized spacial score (nSPS) is 10.7. The van der Waals surface area contributed by atoms with E-state index in [9.17, 15) is 0 Å². The van der Waals surface area contributed by atoms with Gasteiger partial charge in [-0.15, -0.1) is 0 Å². The minimum absolute atomic E-state index is 0.301. The molecule has 16 heavy (non-hydrogen) atoms. The van der Waals surface area contributed by atoms with E-state index in [1.54, 1.807) is 0 Å². The van der Waals surface area contributed by atoms with Crippen molar-refractivity contribution in [2.45, 2.75) is 26.3 Å². The molecule has 0 N–H and O–H groups in total. The first kappa shape index (κ1) is 10.5. The van der Waals surface area contributed by atoms with E-state index in [-0.39, 0.29) is 0 Å². The highest BCUT2D eigenvalue weighted by molar-refractivity contribution is 5.41. The van der Waals surface area contributed by atoms with Gasteiger partial charge < -0.3 is 4.40 Å². The van der Waals surface area contributed by atoms with Crippen molar-refractivity contribution in [1.82, 2.24) is 9.38 Å². The van der Waals surface area contributed by atoms with Crippen molar-refractivity contribution in [3.05, 3.63) is 46.2 Å². The maximum Gasteiger partial charge on any atom is 0.136 e. The SMILES string of the molecule is CC(C)c1ccc2nc(CN=[N+]=[N-])cn2c1. The molecule has 0 aliphatic carbocycles. The molecule has 0 aromatic carbocycles. The first-order valence-electron chi connectivity index (χ1n) is 5.19. The molecule has 0 unspecified atom stereocenters. The van der Waals surface area contributed by atoms with E-state index in [4.69, 9.17) is 5.53 Å². The molecule has 2 heterocycles. The Bertz CT molecular complexity index is 549. The summed E-state index contributed by atoms with van der Waals surface area (Å²) in [5.41, 5.74) is 11.2. The lowest BCUT2D eigenvalue weighted by molar-refractivity contribution is 0.853. The molecule has 0 fully saturated rings. The Morgan fingerprint density at radius 2 is 2.25 bits per heavy atom. The Morgan fingerprint density at radius 3 is 2.94 bits per heavy atom. The summed E-state index contributed by atoms with van der Waals surface area (Å²) in [6.45, 7) is 4.60. The molecule has 0 saturated heterocycles. The van der Waals surface area contributed by atoms with Crippen molar-refractivity contribution in [2.75, 3.05) is 0 Å². The highest BCUT2D eigenvalue weighted by Crippen LogP contribution is 2.15. The van der Waals surface area contributed by atoms with Gasteiger partial charge in [-0.3, -0.25) is 0 Å². The number of hydrogen-bond acceptors (Lipinski definition) is 2. The van der Waals surface area contributed by atoms with Crippen molar-refractivity contribution in [3.63, 3.8) is 0 Å². The van der Waals surface area contributed by atoms with Gasteiger partial charge in [-0.1, -0.05) is 25.0 Å². The smallest absolute Gasteiger partial charge is 0.136 e. The molecule has 0 radical (unpaired) electrons. The second-order valence-corrected chi connectivity index (χ2v) is 4.00. The number of aromatic nitrogens is 2. The number of nitrogens with zero attached hydrogens (tertiary/aromatic N) is 5. The van der Waals surface area contributed by atoms with Crippen molar-refractivity contribution >= 4 is 5.65 Å². The Morgan fingerprint density at radius 1 is 1.44 bits per heavy atom. The molecule has 0 bridgehead atoms. The van der Waals surface area contributed by atoms with Gasteiger partial charge in [-0.05, 0) is 23.1 Å². The summed E-state index contributed by atoms with van der Waals surface area (Å²) in [4.78, 5) is 7.07. The molecular formula is C11H13N5. The Balaban J connectivity index is 2.41. The zero-order valence-electron chi connectivity index (χ0n) is 9.33. The quantitative estimate of drug-likeness (QED) is 0.440. The third kappa shape index (κ3) is 1.99. The lowest BCUT2D eigenvalue weighted by atomic mass is 10.1. The molecule has 0 spiro atoms. The summed E-state index contributed by atoms with van der Waals surface area (Å²) in [5, 5.41) is 3.50. The highest BCUT2D eigenvalue weighted by atomic mass is 15.1. The van der Waals surface area contributed by atoms with Crippen LogP contribution in [0.15, 0.2) is 29.6 Å². The standard InChI is InChI=1S/C11H13N5/c1-8(2)9-3-4-11-14-10(5-13-15-12)7-16(11)6-9/h3-4,6-8H,5H2,1-2H3. The average Bonchev–Trinajstić information content (AvgIpc) is 2.67. The number of azide groups is 1. The lowest BCUT2D eigenvalue weighted by Gasteiger charge is -2.04. The molecular weight excluding hydrogens is 202 g/mol. The summed E-state index contributed by atoms with van der Waals surface area (Å²) in [6, 6.07) is 4.05. The second-order valence-electron chi connectivity index (χ2n) is 4.00. The zero-order chi connectivity index (χ0) is 11.5. The topological polar surface area (TPSA) is 66.1 Å². The molecule has 2 rings (SSSR count). The van der Waals surface area contributed by atoms with Crippen LogP contribution in [0.4, 0.5) is 0 Å². The number of rotatable bonds is 3. The van der Waals surface area contributed by atoms with Gasteiger partial charge in [0.05, 0.1) is 12.2 Å². The monoisotopic (exact) mass is 215 g/mol. The van der Waals surface area contributed by atoms with Gasteiger partial charge >= 0.3 is 0 Å². The average molecular weight is 215 g/mol. The first-order valence-corrected chi connectivity index (χ1v) is 5.19. The van der Waals surface area contributed by atoms with Crippen LogP contribution in [0.5, 0.6) is 0 Å². The molecule has 82 valence electrons. The Kier molecular flexibility index (Phi) is 2.79. The van der Waals surface area contributed by atoms with Crippen LogP contribution in [0, 0.1) is 0 Å². The molecule has 2 aromatic rings. The second kappa shape index (κ2) is 4.24. The summed E-state index contributed by atoms with van der Waals surface area (Å²) >= 11 is 0. The van der Waals surface area contributed by atoms with E-state index >= 15 is 0 Å². The summed E-state index contributed by atoms with van der Waals surface area (Å²) in [6.07, 6.45) is 3.96. The maximum atomic E-state index is 8.24. The first-order chi connectivity index (χ1) is 7.70. The van der Waals surface area contributed by atoms with Crippen LogP contribution in [0.25, 0.3) is 16.1 Å². The van der Waals surface area contributed by atoms with Gasteiger partial charge in [-0.2, -0.15) is 0 Å². The number of pyridine rings is 1. The molecule has 0 amide bonds. The predicted octanol–water partition coefficient (Wildman–Crippen LogP) is 3.27. The fourth-order valence-corrected chi connectivity index (χ4v) is 1.58. The van der Waals surface area contributed by atoms with Crippen molar-refractivity contribution in [1.29, 1.82) is 0 Å². The van der Waals surface area contributed by atoms with Crippen LogP contribution >= 0.6 is 0 Å². The fourth-order valence-electron chi connectivity index (χ4n) is 1.58. The molecule has 0 saturated carbocycles. The summed E-state index contributed by atoms with van der Waals surface area (Å²) in [7, 11) is 0. The number of hydrogen-bond donors (Lipinski definition) is 0. The van der Waals surface area contributed by atoms with E-state index < -0.39 is 0 Å². The van der Waals surface area contributed by atoms with Crippen molar-refractivity contribution < 1.29 is 0 Å². The Labute approximate surface area is 93.4 Å². The van der Waals surface area contributed by atoms with Crippen LogP contribution < -0.4 is 0 Å². The van der Waals surface area contributed by atoms with Gasteiger partial charge in [0.15, 0.2) is 0 Å². The minimum Gasteiger partial charge on any atom is -0.307 e. The van der Waals surface area contributed by atoms with Crippen molar-refractivity contribution in [3.8, 4) is 0 Å². The van der Waals surface area contributed by atoms with Gasteiger partial charge in [0, 0.05) is 17.3 Å². The van der Waals surface area contributed by atoms with Crippen LogP contribution in [-0.2, 0) is 6.54 Å². The van der Waals surface area contributed by atoms with Crippen LogP contribution in [0.1, 0.15) is 31.0 Å². The van der Waals surface area contributed by atoms with E-state index in [0.717, 1.165) is 11.3 Å². The van der Waals surface area contributed by atoms with Gasteiger partial charge in [-0.25, -0.2) is 4.98 Å². The van der Waals surface area contributed by atoms with E-state index in [2.05, 4.69) is 41.1 Å². The molecule has 5 heteroatoms. The molecule has 0 atom stereocenters. The van der Waals surface area contributed by atoms with Gasteiger partial charge in [0.2, 0.25) is 0 Å². The van der Waals surface area contributed by atoms with Gasteiger partial charge in [0.25, 0.3) is 0 Å². The van der Waals surface area contributed by atoms with Crippen LogP contribution in [-0.4, -0.2) is 9.38 Å². The number of fused-ring (bicyclic) bond motifs is 1. The van der Waals surface area contributed by atoms with Crippen LogP contribution in [0.2, 0.25) is 0 Å². The van der Waals surface area contributed by atoms with E-state index in [1.807, 2.05) is 16.7 Å². The maximum absolute atomic E-state index is 8.24. The fraction of sp³-hybridized carbons (Fsp3) is 0.364. The van der Waals surface area contributed by atoms with Crippen molar-refractivity contribution in [2.24, 2.45) is 5.11 Å². The third-order valence-corrected chi connectivity index (χ3v) is 2.49. The predicted molar refractivity (Wildman–Crippen MR) is 62.1 cm³/mol. The minimum atomic E-state index is 0.301. The van der Waals surface area contributed by atoms with E-state index in [1.165, 1.54) is 5.56 Å². The summed E-state index contributed by atoms with van der Waals surface area (Å²) < 4.78 is 1.97. The van der Waals surface area contributed by atoms with Crippen LogP contribution in [0.3, 0.4) is 0 Å². The summed E-state index contributed by atoms with van der Waals surface area (Å²) in [5.74, 6) is 0.493.